The Balaban J connectivity index is 1.62. The smallest absolute Gasteiger partial charge is 0.414 e. The van der Waals surface area contributed by atoms with Crippen LogP contribution in [0.3, 0.4) is 0 Å². The second-order valence-corrected chi connectivity index (χ2v) is 12.7. The van der Waals surface area contributed by atoms with Crippen LogP contribution in [0.25, 0.3) is 17.2 Å². The lowest BCUT2D eigenvalue weighted by atomic mass is 9.95. The summed E-state index contributed by atoms with van der Waals surface area (Å²) in [4.78, 5) is 49.8. The summed E-state index contributed by atoms with van der Waals surface area (Å²) in [6.45, 7) is 17.7. The summed E-state index contributed by atoms with van der Waals surface area (Å²) >= 11 is 0. The van der Waals surface area contributed by atoms with Gasteiger partial charge in [0.05, 0.1) is 23.3 Å². The molecule has 4 heterocycles. The van der Waals surface area contributed by atoms with Crippen molar-refractivity contribution in [1.82, 2.24) is 15.3 Å². The summed E-state index contributed by atoms with van der Waals surface area (Å²) in [5.41, 5.74) is 0.889. The maximum Gasteiger partial charge on any atom is 0.414 e. The maximum absolute atomic E-state index is 13.9. The van der Waals surface area contributed by atoms with Gasteiger partial charge in [-0.2, -0.15) is 0 Å². The van der Waals surface area contributed by atoms with E-state index in [9.17, 15) is 14.4 Å². The van der Waals surface area contributed by atoms with Gasteiger partial charge in [0.2, 0.25) is 5.88 Å². The summed E-state index contributed by atoms with van der Waals surface area (Å²) < 4.78 is 16.7. The summed E-state index contributed by atoms with van der Waals surface area (Å²) in [7, 11) is 0. The van der Waals surface area contributed by atoms with Gasteiger partial charge in [0.25, 0.3) is 5.91 Å². The molecule has 1 aliphatic rings. The van der Waals surface area contributed by atoms with Crippen molar-refractivity contribution in [1.29, 1.82) is 0 Å². The van der Waals surface area contributed by atoms with E-state index in [0.717, 1.165) is 12.1 Å². The lowest BCUT2D eigenvalue weighted by molar-refractivity contribution is 0.0494. The summed E-state index contributed by atoms with van der Waals surface area (Å²) in [5, 5.41) is 8.46. The number of aromatic nitrogens is 2. The average molecular weight is 593 g/mol. The zero-order valence-corrected chi connectivity index (χ0v) is 25.7. The van der Waals surface area contributed by atoms with E-state index in [4.69, 9.17) is 13.9 Å². The van der Waals surface area contributed by atoms with E-state index >= 15 is 0 Å². The molecule has 12 heteroatoms. The lowest BCUT2D eigenvalue weighted by Crippen LogP contribution is -2.51. The quantitative estimate of drug-likeness (QED) is 0.304. The minimum absolute atomic E-state index is 0.0239. The van der Waals surface area contributed by atoms with E-state index < -0.39 is 29.3 Å². The van der Waals surface area contributed by atoms with Crippen LogP contribution in [0.4, 0.5) is 26.8 Å². The molecule has 0 spiro atoms. The highest BCUT2D eigenvalue weighted by Crippen LogP contribution is 2.33. The Labute approximate surface area is 251 Å². The number of nitrogens with zero attached hydrogens (tertiary/aromatic N) is 3. The fourth-order valence-corrected chi connectivity index (χ4v) is 4.87. The molecule has 1 aliphatic heterocycles. The van der Waals surface area contributed by atoms with E-state index in [-0.39, 0.29) is 28.9 Å². The van der Waals surface area contributed by atoms with Crippen LogP contribution < -0.4 is 20.9 Å². The molecule has 0 aliphatic carbocycles. The number of hydrogen-bond donors (Lipinski definition) is 3. The van der Waals surface area contributed by atoms with E-state index in [2.05, 4.69) is 44.3 Å². The van der Waals surface area contributed by atoms with Gasteiger partial charge in [0, 0.05) is 25.3 Å². The van der Waals surface area contributed by atoms with E-state index in [1.165, 1.54) is 0 Å². The van der Waals surface area contributed by atoms with Gasteiger partial charge in [0.1, 0.15) is 22.3 Å². The Hall–Kier alpha value is -4.61. The van der Waals surface area contributed by atoms with Gasteiger partial charge in [-0.15, -0.1) is 0 Å². The molecule has 0 unspecified atom stereocenters. The molecule has 12 nitrogen and oxygen atoms in total. The first-order valence-corrected chi connectivity index (χ1v) is 14.2. The third-order valence-electron chi connectivity index (χ3n) is 6.37. The molecule has 0 aromatic carbocycles. The van der Waals surface area contributed by atoms with Gasteiger partial charge in [-0.25, -0.2) is 14.6 Å². The highest BCUT2D eigenvalue weighted by Gasteiger charge is 2.31. The fourth-order valence-electron chi connectivity index (χ4n) is 4.87. The Bertz CT molecular complexity index is 1520. The molecule has 4 rings (SSSR count). The maximum atomic E-state index is 13.9. The number of amides is 3. The summed E-state index contributed by atoms with van der Waals surface area (Å²) in [6.07, 6.45) is 4.26. The Kier molecular flexibility index (Phi) is 8.98. The number of rotatable bonds is 6. The van der Waals surface area contributed by atoms with Crippen molar-refractivity contribution in [2.24, 2.45) is 5.92 Å². The largest absolute Gasteiger partial charge is 0.444 e. The Morgan fingerprint density at radius 2 is 1.72 bits per heavy atom. The molecule has 0 bridgehead atoms. The zero-order valence-electron chi connectivity index (χ0n) is 25.7. The normalized spacial score (nSPS) is 17.2. The van der Waals surface area contributed by atoms with E-state index in [1.54, 1.807) is 57.4 Å². The van der Waals surface area contributed by atoms with Crippen molar-refractivity contribution in [2.75, 3.05) is 28.6 Å². The zero-order chi connectivity index (χ0) is 31.5. The SMILES string of the molecule is C=Cc1ccc2oc(NC(=O)OC(C)(C)C)c(C(=O)Nc3cnccc3N3C[C@H](C)C[C@H](NC(=O)OC(C)(C)C)C3)c2n1. The van der Waals surface area contributed by atoms with Gasteiger partial charge >= 0.3 is 12.2 Å². The Morgan fingerprint density at radius 3 is 2.40 bits per heavy atom. The first-order chi connectivity index (χ1) is 20.1. The number of piperidine rings is 1. The second-order valence-electron chi connectivity index (χ2n) is 12.7. The van der Waals surface area contributed by atoms with Crippen LogP contribution in [0, 0.1) is 5.92 Å². The topological polar surface area (TPSA) is 148 Å². The predicted octanol–water partition coefficient (Wildman–Crippen LogP) is 6.20. The second kappa shape index (κ2) is 12.3. The number of pyridine rings is 2. The molecule has 1 fully saturated rings. The summed E-state index contributed by atoms with van der Waals surface area (Å²) in [5.74, 6) is -0.426. The van der Waals surface area contributed by atoms with Crippen molar-refractivity contribution in [2.45, 2.75) is 72.1 Å². The molecular formula is C31H40N6O6. The molecule has 3 aromatic heterocycles. The van der Waals surface area contributed by atoms with Crippen molar-refractivity contribution in [3.63, 3.8) is 0 Å². The first kappa shape index (κ1) is 31.3. The molecule has 3 aromatic rings. The number of alkyl carbamates (subject to hydrolysis) is 1. The van der Waals surface area contributed by atoms with Crippen LogP contribution in [0.1, 0.15) is 70.9 Å². The van der Waals surface area contributed by atoms with E-state index in [0.29, 0.717) is 30.1 Å². The van der Waals surface area contributed by atoms with Crippen LogP contribution in [0.5, 0.6) is 0 Å². The van der Waals surface area contributed by atoms with Gasteiger partial charge in [-0.3, -0.25) is 15.1 Å². The number of nitrogens with one attached hydrogen (secondary N) is 3. The fraction of sp³-hybridized carbons (Fsp3) is 0.452. The molecule has 2 atom stereocenters. The molecule has 1 saturated heterocycles. The van der Waals surface area contributed by atoms with E-state index in [1.807, 2.05) is 20.8 Å². The summed E-state index contributed by atoms with van der Waals surface area (Å²) in [6, 6.07) is 4.98. The predicted molar refractivity (Wildman–Crippen MR) is 165 cm³/mol. The molecule has 0 radical (unpaired) electrons. The number of carbonyl (C=O) groups excluding carboxylic acids is 3. The van der Waals surface area contributed by atoms with Crippen molar-refractivity contribution in [3.05, 3.63) is 48.4 Å². The lowest BCUT2D eigenvalue weighted by Gasteiger charge is -2.39. The van der Waals surface area contributed by atoms with Gasteiger partial charge in [-0.05, 0) is 78.2 Å². The van der Waals surface area contributed by atoms with Crippen LogP contribution in [-0.4, -0.2) is 58.4 Å². The average Bonchev–Trinajstić information content (AvgIpc) is 3.23. The van der Waals surface area contributed by atoms with Crippen LogP contribution in [0.2, 0.25) is 0 Å². The van der Waals surface area contributed by atoms with Gasteiger partial charge in [-0.1, -0.05) is 13.5 Å². The van der Waals surface area contributed by atoms with Crippen molar-refractivity contribution >= 4 is 52.5 Å². The van der Waals surface area contributed by atoms with Crippen molar-refractivity contribution < 1.29 is 28.3 Å². The molecule has 43 heavy (non-hydrogen) atoms. The molecule has 0 saturated carbocycles. The number of furan rings is 1. The van der Waals surface area contributed by atoms with Crippen LogP contribution in [0.15, 0.2) is 41.6 Å². The van der Waals surface area contributed by atoms with Crippen LogP contribution >= 0.6 is 0 Å². The first-order valence-electron chi connectivity index (χ1n) is 14.2. The minimum atomic E-state index is -0.780. The highest BCUT2D eigenvalue weighted by molar-refractivity contribution is 6.16. The molecule has 230 valence electrons. The molecule has 3 N–H and O–H groups in total. The number of carbonyl (C=O) groups is 3. The van der Waals surface area contributed by atoms with Gasteiger partial charge in [0.15, 0.2) is 5.58 Å². The standard InChI is InChI=1S/C31H40N6O6/c1-9-19-10-11-23-25(33-19)24(27(41-23)36-29(40)43-31(6,7)8)26(38)35-21-15-32-13-12-22(21)37-16-18(2)14-20(17-37)34-28(39)42-30(3,4)5/h9-13,15,18,20H,1,14,16-17H2,2-8H3,(H,34,39)(H,35,38)(H,36,40)/t18-,20+/m1/s1. The number of ether oxygens (including phenoxy) is 2. The molecular weight excluding hydrogens is 552 g/mol. The van der Waals surface area contributed by atoms with Crippen molar-refractivity contribution in [3.8, 4) is 0 Å². The van der Waals surface area contributed by atoms with Gasteiger partial charge < -0.3 is 29.4 Å². The van der Waals surface area contributed by atoms with Crippen LogP contribution in [-0.2, 0) is 9.47 Å². The third kappa shape index (κ3) is 8.24. The highest BCUT2D eigenvalue weighted by atomic mass is 16.6. The number of hydrogen-bond acceptors (Lipinski definition) is 9. The number of fused-ring (bicyclic) bond motifs is 1. The minimum Gasteiger partial charge on any atom is -0.444 e. The number of anilines is 3. The monoisotopic (exact) mass is 592 g/mol. The molecule has 3 amide bonds. The third-order valence-corrected chi connectivity index (χ3v) is 6.37. The Morgan fingerprint density at radius 1 is 1.02 bits per heavy atom.